The molecule has 0 saturated carbocycles. The fourth-order valence-electron chi connectivity index (χ4n) is 1.17. The van der Waals surface area contributed by atoms with Crippen molar-refractivity contribution < 1.29 is 54.5 Å². The van der Waals surface area contributed by atoms with Crippen molar-refractivity contribution in [3.8, 4) is 0 Å². The maximum atomic E-state index is 10.8. The first-order valence-electron chi connectivity index (χ1n) is 5.47. The average Bonchev–Trinajstić information content (AvgIpc) is 2.31. The Hall–Kier alpha value is -0.560. The predicted molar refractivity (Wildman–Crippen MR) is 56.6 cm³/mol. The predicted octanol–water partition coefficient (Wildman–Crippen LogP) is -8.75. The number of nitrogens with two attached hydrogens (primary N) is 2. The van der Waals surface area contributed by atoms with E-state index in [4.69, 9.17) is 0 Å². The summed E-state index contributed by atoms with van der Waals surface area (Å²) >= 11 is 0. The van der Waals surface area contributed by atoms with Gasteiger partial charge < -0.3 is 44.9 Å². The molecule has 0 aliphatic rings. The van der Waals surface area contributed by atoms with Gasteiger partial charge in [-0.1, -0.05) is 0 Å². The fraction of sp³-hybridized carbons (Fsp3) is 0.800. The van der Waals surface area contributed by atoms with Crippen molar-refractivity contribution >= 4 is 11.9 Å². The second kappa shape index (κ2) is 16.4. The molecule has 18 heavy (non-hydrogen) atoms. The Morgan fingerprint density at radius 1 is 0.778 bits per heavy atom. The lowest BCUT2D eigenvalue weighted by atomic mass is 10.4. The lowest BCUT2D eigenvalue weighted by Crippen LogP contribution is -3.00. The van der Waals surface area contributed by atoms with E-state index in [1.807, 2.05) is 0 Å². The monoisotopic (exact) mass is 304 g/mol. The first-order chi connectivity index (χ1) is 7.70. The molecule has 0 saturated heterocycles. The smallest absolute Gasteiger partial charge is 0.311 e. The summed E-state index contributed by atoms with van der Waals surface area (Å²) in [6.45, 7) is 3.35. The van der Waals surface area contributed by atoms with Gasteiger partial charge in [-0.15, -0.1) is 0 Å². The summed E-state index contributed by atoms with van der Waals surface area (Å²) in [6.07, 6.45) is 0.886. The van der Waals surface area contributed by atoms with E-state index < -0.39 is 0 Å². The Bertz CT molecular complexity index is 196. The zero-order valence-electron chi connectivity index (χ0n) is 10.8. The van der Waals surface area contributed by atoms with Gasteiger partial charge in [-0.25, -0.2) is 0 Å². The number of hydrogen-bond acceptors (Lipinski definition) is 4. The molecule has 0 aromatic rings. The molecule has 0 spiro atoms. The van der Waals surface area contributed by atoms with Crippen LogP contribution in [0.2, 0.25) is 0 Å². The summed E-state index contributed by atoms with van der Waals surface area (Å²) in [5.41, 5.74) is 0. The highest BCUT2D eigenvalue weighted by molar-refractivity contribution is 5.69. The lowest BCUT2D eigenvalue weighted by Gasteiger charge is -2.01. The maximum Gasteiger partial charge on any atom is 0.311 e. The summed E-state index contributed by atoms with van der Waals surface area (Å²) in [5.74, 6) is -0.350. The van der Waals surface area contributed by atoms with Crippen molar-refractivity contribution in [2.75, 3.05) is 40.4 Å². The van der Waals surface area contributed by atoms with E-state index in [2.05, 4.69) is 20.1 Å². The highest BCUT2D eigenvalue weighted by Crippen LogP contribution is 1.77. The first-order valence-corrected chi connectivity index (χ1v) is 5.47. The van der Waals surface area contributed by atoms with E-state index in [0.717, 1.165) is 26.2 Å². The molecule has 6 nitrogen and oxygen atoms in total. The normalized spacial score (nSPS) is 8.78. The molecular formula is C10H22Cl2N2O4. The van der Waals surface area contributed by atoms with Crippen molar-refractivity contribution in [2.24, 2.45) is 0 Å². The SMILES string of the molecule is COC(=O)CC[NH2+]CC[NH2+]CCC(=O)OC.[Cl-].[Cl-]. The minimum absolute atomic E-state index is 0. The highest BCUT2D eigenvalue weighted by Gasteiger charge is 2.03. The van der Waals surface area contributed by atoms with Gasteiger partial charge in [-0.3, -0.25) is 9.59 Å². The summed E-state index contributed by atoms with van der Waals surface area (Å²) < 4.78 is 9.03. The number of carbonyl (C=O) groups is 2. The second-order valence-electron chi connectivity index (χ2n) is 3.38. The standard InChI is InChI=1S/C10H20N2O4.2ClH/c1-15-9(13)3-5-11-7-8-12-6-4-10(14)16-2;;/h11-12H,3-8H2,1-2H3;2*1H. The molecule has 0 aromatic heterocycles. The van der Waals surface area contributed by atoms with Gasteiger partial charge in [0, 0.05) is 0 Å². The number of esters is 2. The summed E-state index contributed by atoms with van der Waals surface area (Å²) in [4.78, 5) is 21.5. The van der Waals surface area contributed by atoms with Crippen LogP contribution < -0.4 is 35.4 Å². The molecule has 0 aliphatic carbocycles. The molecule has 0 unspecified atom stereocenters. The van der Waals surface area contributed by atoms with Crippen LogP contribution in [0.5, 0.6) is 0 Å². The van der Waals surface area contributed by atoms with Crippen molar-refractivity contribution in [3.05, 3.63) is 0 Å². The van der Waals surface area contributed by atoms with E-state index in [1.165, 1.54) is 14.2 Å². The molecular weight excluding hydrogens is 283 g/mol. The Morgan fingerprint density at radius 2 is 1.11 bits per heavy atom. The third-order valence-corrected chi connectivity index (χ3v) is 2.14. The molecule has 0 aromatic carbocycles. The number of rotatable bonds is 9. The zero-order chi connectivity index (χ0) is 12.2. The van der Waals surface area contributed by atoms with Crippen LogP contribution in [0.25, 0.3) is 0 Å². The van der Waals surface area contributed by atoms with Crippen LogP contribution >= 0.6 is 0 Å². The highest BCUT2D eigenvalue weighted by atomic mass is 35.5. The van der Waals surface area contributed by atoms with E-state index in [0.29, 0.717) is 12.8 Å². The molecule has 0 amide bonds. The number of hydrogen-bond donors (Lipinski definition) is 2. The fourth-order valence-corrected chi connectivity index (χ4v) is 1.17. The molecule has 4 N–H and O–H groups in total. The Morgan fingerprint density at radius 3 is 1.39 bits per heavy atom. The van der Waals surface area contributed by atoms with Gasteiger partial charge in [0.05, 0.1) is 40.2 Å². The topological polar surface area (TPSA) is 85.8 Å². The molecule has 0 fully saturated rings. The Balaban J connectivity index is -0.00000112. The zero-order valence-corrected chi connectivity index (χ0v) is 12.3. The second-order valence-corrected chi connectivity index (χ2v) is 3.38. The first kappa shape index (κ1) is 22.6. The molecule has 0 radical (unpaired) electrons. The molecule has 0 rings (SSSR count). The van der Waals surface area contributed by atoms with Gasteiger partial charge in [-0.2, -0.15) is 0 Å². The maximum absolute atomic E-state index is 10.8. The van der Waals surface area contributed by atoms with E-state index in [-0.39, 0.29) is 36.8 Å². The van der Waals surface area contributed by atoms with Gasteiger partial charge >= 0.3 is 11.9 Å². The Labute approximate surface area is 120 Å². The summed E-state index contributed by atoms with van der Waals surface area (Å²) in [7, 11) is 2.78. The van der Waals surface area contributed by atoms with Crippen LogP contribution in [0.1, 0.15) is 12.8 Å². The Kier molecular flexibility index (Phi) is 20.6. The molecule has 0 aliphatic heterocycles. The van der Waals surface area contributed by atoms with Gasteiger partial charge in [0.1, 0.15) is 13.1 Å². The third-order valence-electron chi connectivity index (χ3n) is 2.14. The minimum Gasteiger partial charge on any atom is -1.00 e. The van der Waals surface area contributed by atoms with Crippen LogP contribution in [-0.4, -0.2) is 52.3 Å². The number of methoxy groups -OCH3 is 2. The minimum atomic E-state index is -0.175. The molecule has 0 atom stereocenters. The van der Waals surface area contributed by atoms with Crippen LogP contribution in [0.15, 0.2) is 0 Å². The van der Waals surface area contributed by atoms with Crippen molar-refractivity contribution in [1.29, 1.82) is 0 Å². The van der Waals surface area contributed by atoms with Gasteiger partial charge in [0.25, 0.3) is 0 Å². The van der Waals surface area contributed by atoms with E-state index >= 15 is 0 Å². The summed E-state index contributed by atoms with van der Waals surface area (Å²) in [6, 6.07) is 0. The quantitative estimate of drug-likeness (QED) is 0.327. The van der Waals surface area contributed by atoms with Crippen molar-refractivity contribution in [3.63, 3.8) is 0 Å². The molecule has 0 heterocycles. The van der Waals surface area contributed by atoms with Crippen molar-refractivity contribution in [2.45, 2.75) is 12.8 Å². The van der Waals surface area contributed by atoms with Crippen LogP contribution in [0.4, 0.5) is 0 Å². The molecule has 8 heteroatoms. The van der Waals surface area contributed by atoms with Gasteiger partial charge in [-0.05, 0) is 0 Å². The van der Waals surface area contributed by atoms with Crippen molar-refractivity contribution in [1.82, 2.24) is 0 Å². The van der Waals surface area contributed by atoms with E-state index in [1.54, 1.807) is 0 Å². The van der Waals surface area contributed by atoms with Crippen LogP contribution in [0.3, 0.4) is 0 Å². The van der Waals surface area contributed by atoms with E-state index in [9.17, 15) is 9.59 Å². The third kappa shape index (κ3) is 15.4. The largest absolute Gasteiger partial charge is 1.00 e. The molecule has 0 bridgehead atoms. The summed E-state index contributed by atoms with van der Waals surface area (Å²) in [5, 5.41) is 4.12. The van der Waals surface area contributed by atoms with Gasteiger partial charge in [0.15, 0.2) is 0 Å². The average molecular weight is 305 g/mol. The van der Waals surface area contributed by atoms with Gasteiger partial charge in [0.2, 0.25) is 0 Å². The number of halogens is 2. The number of quaternary nitrogens is 2. The number of carbonyl (C=O) groups excluding carboxylic acids is 2. The molecule has 110 valence electrons. The lowest BCUT2D eigenvalue weighted by molar-refractivity contribution is -0.722. The van der Waals surface area contributed by atoms with Crippen LogP contribution in [-0.2, 0) is 19.1 Å². The number of ether oxygens (including phenoxy) is 2. The van der Waals surface area contributed by atoms with Crippen LogP contribution in [0, 0.1) is 0 Å².